The minimum Gasteiger partial charge on any atom is -0.467 e. The zero-order valence-electron chi connectivity index (χ0n) is 21.2. The summed E-state index contributed by atoms with van der Waals surface area (Å²) in [4.78, 5) is 51.2. The minimum absolute atomic E-state index is 0.00179. The number of esters is 1. The molecule has 1 unspecified atom stereocenters. The van der Waals surface area contributed by atoms with Crippen LogP contribution in [0.1, 0.15) is 28.8 Å². The molecular formula is C25H31N2O9P. The van der Waals surface area contributed by atoms with E-state index in [2.05, 4.69) is 0 Å². The largest absolute Gasteiger partial charge is 0.467 e. The molecule has 12 heteroatoms. The van der Waals surface area contributed by atoms with Crippen LogP contribution >= 0.6 is 7.60 Å². The maximum atomic E-state index is 13.3. The Bertz CT molecular complexity index is 1310. The Morgan fingerprint density at radius 2 is 1.65 bits per heavy atom. The van der Waals surface area contributed by atoms with E-state index < -0.39 is 36.6 Å². The van der Waals surface area contributed by atoms with Crippen molar-refractivity contribution in [3.63, 3.8) is 0 Å². The fourth-order valence-corrected chi connectivity index (χ4v) is 5.40. The smallest absolute Gasteiger partial charge is 0.370 e. The molecule has 37 heavy (non-hydrogen) atoms. The van der Waals surface area contributed by atoms with Crippen molar-refractivity contribution >= 4 is 19.5 Å². The highest BCUT2D eigenvalue weighted by Gasteiger charge is 2.43. The van der Waals surface area contributed by atoms with Crippen LogP contribution in [0.2, 0.25) is 0 Å². The molecule has 0 saturated carbocycles. The second-order valence-electron chi connectivity index (χ2n) is 8.64. The molecule has 1 aliphatic carbocycles. The van der Waals surface area contributed by atoms with E-state index >= 15 is 0 Å². The number of carbonyl (C=O) groups is 2. The van der Waals surface area contributed by atoms with E-state index in [9.17, 15) is 23.7 Å². The van der Waals surface area contributed by atoms with Gasteiger partial charge in [-0.15, -0.1) is 0 Å². The predicted molar refractivity (Wildman–Crippen MR) is 135 cm³/mol. The quantitative estimate of drug-likeness (QED) is 0.256. The SMILES string of the molecule is COC(=O)C(OC[C@@H]1CC=CC[C@@H]1Cn1cc(C)c(=O)n(C(=O)c2ccccc2)c1=O)P(=O)(OC)OC. The second kappa shape index (κ2) is 12.4. The summed E-state index contributed by atoms with van der Waals surface area (Å²) in [6, 6.07) is 8.11. The van der Waals surface area contributed by atoms with E-state index in [-0.39, 0.29) is 36.1 Å². The number of benzene rings is 1. The number of allylic oxidation sites excluding steroid dienone is 2. The molecule has 0 saturated heterocycles. The average molecular weight is 535 g/mol. The van der Waals surface area contributed by atoms with Gasteiger partial charge in [-0.1, -0.05) is 30.4 Å². The number of rotatable bonds is 10. The maximum absolute atomic E-state index is 13.3. The van der Waals surface area contributed by atoms with Crippen molar-refractivity contribution in [1.82, 2.24) is 9.13 Å². The first-order valence-corrected chi connectivity index (χ1v) is 13.3. The lowest BCUT2D eigenvalue weighted by Gasteiger charge is -2.31. The summed E-state index contributed by atoms with van der Waals surface area (Å²) >= 11 is 0. The summed E-state index contributed by atoms with van der Waals surface area (Å²) in [6.45, 7) is 1.74. The summed E-state index contributed by atoms with van der Waals surface area (Å²) < 4.78 is 35.1. The normalized spacial score (nSPS) is 18.4. The highest BCUT2D eigenvalue weighted by molar-refractivity contribution is 7.55. The van der Waals surface area contributed by atoms with Crippen LogP contribution in [0.4, 0.5) is 0 Å². The zero-order valence-corrected chi connectivity index (χ0v) is 22.1. The zero-order chi connectivity index (χ0) is 27.2. The molecule has 1 aliphatic rings. The van der Waals surface area contributed by atoms with Gasteiger partial charge in [-0.2, -0.15) is 4.57 Å². The Morgan fingerprint density at radius 1 is 1.03 bits per heavy atom. The lowest BCUT2D eigenvalue weighted by Crippen LogP contribution is -2.45. The molecule has 0 amide bonds. The lowest BCUT2D eigenvalue weighted by atomic mass is 9.83. The fraction of sp³-hybridized carbons (Fsp3) is 0.440. The Hall–Kier alpha value is -3.11. The Morgan fingerprint density at radius 3 is 2.24 bits per heavy atom. The van der Waals surface area contributed by atoms with Crippen molar-refractivity contribution in [1.29, 1.82) is 0 Å². The molecule has 1 heterocycles. The first-order chi connectivity index (χ1) is 17.7. The van der Waals surface area contributed by atoms with Crippen molar-refractivity contribution < 1.29 is 32.7 Å². The number of methoxy groups -OCH3 is 1. The molecular weight excluding hydrogens is 503 g/mol. The van der Waals surface area contributed by atoms with E-state index in [1.165, 1.54) is 22.9 Å². The Kier molecular flexibility index (Phi) is 9.56. The first kappa shape index (κ1) is 28.5. The number of aryl methyl sites for hydroxylation is 1. The van der Waals surface area contributed by atoms with Crippen molar-refractivity contribution in [2.45, 2.75) is 32.2 Å². The third-order valence-electron chi connectivity index (χ3n) is 6.36. The highest BCUT2D eigenvalue weighted by atomic mass is 31.2. The van der Waals surface area contributed by atoms with Gasteiger partial charge < -0.3 is 18.5 Å². The summed E-state index contributed by atoms with van der Waals surface area (Å²) in [5, 5.41) is 0. The molecule has 0 aliphatic heterocycles. The number of ether oxygens (including phenoxy) is 2. The standard InChI is InChI=1S/C25H31N2O9P/c1-17-14-26(25(31)27(21(17)28)22(29)18-10-6-5-7-11-18)15-19-12-8-9-13-20(19)16-36-24(23(30)33-2)37(32,34-3)35-4/h5-11,14,19-20,24H,12-13,15-16H2,1-4H3/t19-,20+,24?/m1/s1. The van der Waals surface area contributed by atoms with Crippen LogP contribution in [0.5, 0.6) is 0 Å². The molecule has 0 N–H and O–H groups in total. The molecule has 1 aromatic carbocycles. The molecule has 3 rings (SSSR count). The van der Waals surface area contributed by atoms with Gasteiger partial charge in [-0.3, -0.25) is 18.7 Å². The van der Waals surface area contributed by atoms with Crippen molar-refractivity contribution in [3.05, 3.63) is 80.6 Å². The van der Waals surface area contributed by atoms with Gasteiger partial charge in [0.05, 0.1) is 13.7 Å². The van der Waals surface area contributed by atoms with Crippen LogP contribution in [-0.4, -0.2) is 54.8 Å². The van der Waals surface area contributed by atoms with E-state index in [1.807, 2.05) is 12.2 Å². The number of carbonyl (C=O) groups excluding carboxylic acids is 2. The van der Waals surface area contributed by atoms with Crippen LogP contribution in [-0.2, 0) is 34.4 Å². The van der Waals surface area contributed by atoms with Gasteiger partial charge in [-0.25, -0.2) is 9.59 Å². The van der Waals surface area contributed by atoms with Crippen molar-refractivity contribution in [2.75, 3.05) is 27.9 Å². The first-order valence-electron chi connectivity index (χ1n) is 11.6. The summed E-state index contributed by atoms with van der Waals surface area (Å²) in [7, 11) is -0.492. The van der Waals surface area contributed by atoms with Gasteiger partial charge in [0.2, 0.25) is 0 Å². The number of aromatic nitrogens is 2. The van der Waals surface area contributed by atoms with E-state index in [0.29, 0.717) is 17.4 Å². The molecule has 1 aromatic heterocycles. The molecule has 0 radical (unpaired) electrons. The summed E-state index contributed by atoms with van der Waals surface area (Å²) in [5.74, 6) is -3.51. The summed E-state index contributed by atoms with van der Waals surface area (Å²) in [6.07, 6.45) is 6.52. The highest BCUT2D eigenvalue weighted by Crippen LogP contribution is 2.52. The third-order valence-corrected chi connectivity index (χ3v) is 8.31. The monoisotopic (exact) mass is 534 g/mol. The molecule has 200 valence electrons. The number of nitrogens with zero attached hydrogens (tertiary/aromatic N) is 2. The van der Waals surface area contributed by atoms with Crippen LogP contribution < -0.4 is 11.2 Å². The molecule has 3 atom stereocenters. The van der Waals surface area contributed by atoms with Crippen LogP contribution in [0.25, 0.3) is 0 Å². The van der Waals surface area contributed by atoms with Crippen molar-refractivity contribution in [3.8, 4) is 0 Å². The molecule has 0 fully saturated rings. The van der Waals surface area contributed by atoms with Crippen LogP contribution in [0.3, 0.4) is 0 Å². The Balaban J connectivity index is 1.88. The second-order valence-corrected chi connectivity index (χ2v) is 10.9. The lowest BCUT2D eigenvalue weighted by molar-refractivity contribution is -0.150. The van der Waals surface area contributed by atoms with Crippen LogP contribution in [0.15, 0.2) is 58.3 Å². The van der Waals surface area contributed by atoms with Gasteiger partial charge >= 0.3 is 19.3 Å². The minimum atomic E-state index is -3.93. The van der Waals surface area contributed by atoms with Gasteiger partial charge in [0, 0.05) is 38.1 Å². The van der Waals surface area contributed by atoms with Gasteiger partial charge in [-0.05, 0) is 43.7 Å². The van der Waals surface area contributed by atoms with Crippen LogP contribution in [0, 0.1) is 18.8 Å². The van der Waals surface area contributed by atoms with Gasteiger partial charge in [0.1, 0.15) is 0 Å². The topological polar surface area (TPSA) is 132 Å². The maximum Gasteiger partial charge on any atom is 0.370 e. The Labute approximate surface area is 214 Å². The predicted octanol–water partition coefficient (Wildman–Crippen LogP) is 2.59. The molecule has 2 aromatic rings. The molecule has 0 bridgehead atoms. The molecule has 0 spiro atoms. The molecule has 11 nitrogen and oxygen atoms in total. The van der Waals surface area contributed by atoms with Crippen molar-refractivity contribution in [2.24, 2.45) is 11.8 Å². The van der Waals surface area contributed by atoms with E-state index in [1.54, 1.807) is 25.1 Å². The number of hydrogen-bond donors (Lipinski definition) is 0. The fourth-order valence-electron chi connectivity index (χ4n) is 4.23. The van der Waals surface area contributed by atoms with E-state index in [4.69, 9.17) is 18.5 Å². The average Bonchev–Trinajstić information content (AvgIpc) is 2.92. The van der Waals surface area contributed by atoms with Gasteiger partial charge in [0.15, 0.2) is 0 Å². The third kappa shape index (κ3) is 6.24. The summed E-state index contributed by atoms with van der Waals surface area (Å²) in [5.41, 5.74) is -0.945. The van der Waals surface area contributed by atoms with Gasteiger partial charge in [0.25, 0.3) is 17.3 Å². The number of hydrogen-bond acceptors (Lipinski definition) is 9. The van der Waals surface area contributed by atoms with E-state index in [0.717, 1.165) is 21.3 Å².